The summed E-state index contributed by atoms with van der Waals surface area (Å²) in [7, 11) is 0. The van der Waals surface area contributed by atoms with E-state index in [2.05, 4.69) is 4.98 Å². The Morgan fingerprint density at radius 3 is 3.08 bits per heavy atom. The van der Waals surface area contributed by atoms with Gasteiger partial charge in [-0.3, -0.25) is 0 Å². The minimum Gasteiger partial charge on any atom is -0.306 e. The van der Waals surface area contributed by atoms with Crippen molar-refractivity contribution >= 4 is 29.5 Å². The molecule has 0 saturated carbocycles. The third kappa shape index (κ3) is 1.40. The van der Waals surface area contributed by atoms with Crippen molar-refractivity contribution < 1.29 is 0 Å². The average molecular weight is 203 g/mol. The van der Waals surface area contributed by atoms with E-state index in [4.69, 9.17) is 11.6 Å². The molecule has 2 aromatic rings. The van der Waals surface area contributed by atoms with Crippen molar-refractivity contribution in [3.05, 3.63) is 36.4 Å². The summed E-state index contributed by atoms with van der Waals surface area (Å²) in [6.45, 7) is 0. The summed E-state index contributed by atoms with van der Waals surface area (Å²) in [5.74, 6) is 0.538. The van der Waals surface area contributed by atoms with Crippen LogP contribution in [0.1, 0.15) is 5.56 Å². The summed E-state index contributed by atoms with van der Waals surface area (Å²) < 4.78 is 1.96. The minimum absolute atomic E-state index is 0. The lowest BCUT2D eigenvalue weighted by Crippen LogP contribution is -1.85. The number of hydrogen-bond acceptors (Lipinski definition) is 1. The van der Waals surface area contributed by atoms with Gasteiger partial charge in [0, 0.05) is 12.1 Å². The third-order valence-electron chi connectivity index (χ3n) is 1.68. The summed E-state index contributed by atoms with van der Waals surface area (Å²) in [4.78, 5) is 4.01. The van der Waals surface area contributed by atoms with Gasteiger partial charge < -0.3 is 4.40 Å². The fraction of sp³-hybridized carbons (Fsp3) is 0.125. The first kappa shape index (κ1) is 9.36. The summed E-state index contributed by atoms with van der Waals surface area (Å²) in [5.41, 5.74) is 2.20. The number of rotatable bonds is 1. The molecule has 0 radical (unpaired) electrons. The van der Waals surface area contributed by atoms with Gasteiger partial charge in [-0.15, -0.1) is 24.0 Å². The molecule has 64 valence electrons. The first-order valence-electron chi connectivity index (χ1n) is 3.37. The molecule has 2 rings (SSSR count). The maximum Gasteiger partial charge on any atom is 0.0992 e. The Morgan fingerprint density at radius 1 is 1.50 bits per heavy atom. The molecule has 0 amide bonds. The molecule has 0 N–H and O–H groups in total. The number of imidazole rings is 1. The molecule has 0 aromatic carbocycles. The molecule has 0 aliphatic carbocycles. The molecule has 2 heterocycles. The van der Waals surface area contributed by atoms with Crippen molar-refractivity contribution in [1.82, 2.24) is 9.38 Å². The molecule has 0 bridgehead atoms. The van der Waals surface area contributed by atoms with Gasteiger partial charge in [0.2, 0.25) is 0 Å². The second kappa shape index (κ2) is 3.78. The predicted octanol–water partition coefficient (Wildman–Crippen LogP) is 2.49. The molecule has 0 unspecified atom stereocenters. The molecule has 0 spiro atoms. The van der Waals surface area contributed by atoms with Gasteiger partial charge >= 0.3 is 0 Å². The van der Waals surface area contributed by atoms with E-state index < -0.39 is 0 Å². The molecule has 4 heteroatoms. The molecule has 2 nitrogen and oxygen atoms in total. The van der Waals surface area contributed by atoms with E-state index in [1.807, 2.05) is 28.9 Å². The zero-order valence-electron chi connectivity index (χ0n) is 6.27. The van der Waals surface area contributed by atoms with Crippen molar-refractivity contribution in [3.8, 4) is 0 Å². The van der Waals surface area contributed by atoms with E-state index in [0.717, 1.165) is 11.1 Å². The summed E-state index contributed by atoms with van der Waals surface area (Å²) in [6, 6.07) is 3.97. The molecule has 12 heavy (non-hydrogen) atoms. The highest BCUT2D eigenvalue weighted by Gasteiger charge is 1.97. The molecule has 0 aliphatic rings. The van der Waals surface area contributed by atoms with Gasteiger partial charge in [-0.1, -0.05) is 6.07 Å². The van der Waals surface area contributed by atoms with Crippen molar-refractivity contribution in [2.75, 3.05) is 0 Å². The highest BCUT2D eigenvalue weighted by molar-refractivity contribution is 6.17. The Morgan fingerprint density at radius 2 is 2.33 bits per heavy atom. The van der Waals surface area contributed by atoms with Gasteiger partial charge in [0.05, 0.1) is 18.0 Å². The van der Waals surface area contributed by atoms with E-state index in [0.29, 0.717) is 5.88 Å². The molecular weight excluding hydrogens is 195 g/mol. The lowest BCUT2D eigenvalue weighted by atomic mass is 10.3. The summed E-state index contributed by atoms with van der Waals surface area (Å²) in [5, 5.41) is 0. The van der Waals surface area contributed by atoms with Crippen LogP contribution in [0.4, 0.5) is 0 Å². The van der Waals surface area contributed by atoms with Crippen molar-refractivity contribution in [3.63, 3.8) is 0 Å². The number of halogens is 2. The monoisotopic (exact) mass is 202 g/mol. The molecule has 0 saturated heterocycles. The van der Waals surface area contributed by atoms with E-state index in [9.17, 15) is 0 Å². The van der Waals surface area contributed by atoms with E-state index in [1.165, 1.54) is 0 Å². The van der Waals surface area contributed by atoms with Crippen LogP contribution in [0.25, 0.3) is 5.52 Å². The maximum absolute atomic E-state index is 5.72. The van der Waals surface area contributed by atoms with E-state index in [1.54, 1.807) is 6.33 Å². The molecular formula is C8H8Cl2N2. The predicted molar refractivity (Wildman–Crippen MR) is 52.0 cm³/mol. The number of pyridine rings is 1. The summed E-state index contributed by atoms with van der Waals surface area (Å²) >= 11 is 5.72. The Kier molecular flexibility index (Phi) is 2.95. The molecule has 0 atom stereocenters. The van der Waals surface area contributed by atoms with Gasteiger partial charge in [0.15, 0.2) is 0 Å². The number of fused-ring (bicyclic) bond motifs is 1. The maximum atomic E-state index is 5.72. The largest absolute Gasteiger partial charge is 0.306 e. The van der Waals surface area contributed by atoms with Crippen molar-refractivity contribution in [2.45, 2.75) is 5.88 Å². The highest BCUT2D eigenvalue weighted by Crippen LogP contribution is 2.11. The normalized spacial score (nSPS) is 9.75. The third-order valence-corrected chi connectivity index (χ3v) is 1.97. The Balaban J connectivity index is 0.000000720. The van der Waals surface area contributed by atoms with Crippen molar-refractivity contribution in [1.29, 1.82) is 0 Å². The van der Waals surface area contributed by atoms with Gasteiger partial charge in [0.25, 0.3) is 0 Å². The zero-order chi connectivity index (χ0) is 7.68. The Hall–Kier alpha value is -0.730. The SMILES string of the molecule is Cl.ClCc1cccn2cncc12. The average Bonchev–Trinajstić information content (AvgIpc) is 2.50. The topological polar surface area (TPSA) is 17.3 Å². The fourth-order valence-corrected chi connectivity index (χ4v) is 1.35. The van der Waals surface area contributed by atoms with Crippen LogP contribution >= 0.6 is 24.0 Å². The lowest BCUT2D eigenvalue weighted by molar-refractivity contribution is 1.14. The van der Waals surface area contributed by atoms with Crippen LogP contribution in [0.3, 0.4) is 0 Å². The molecule has 2 aromatic heterocycles. The van der Waals surface area contributed by atoms with Gasteiger partial charge in [-0.25, -0.2) is 4.98 Å². The standard InChI is InChI=1S/C8H7ClN2.ClH/c9-4-7-2-1-3-11-6-10-5-8(7)11;/h1-3,5-6H,4H2;1H. The van der Waals surface area contributed by atoms with Gasteiger partial charge in [-0.2, -0.15) is 0 Å². The van der Waals surface area contributed by atoms with Crippen LogP contribution in [-0.4, -0.2) is 9.38 Å². The smallest absolute Gasteiger partial charge is 0.0992 e. The first-order chi connectivity index (χ1) is 5.42. The van der Waals surface area contributed by atoms with Crippen LogP contribution < -0.4 is 0 Å². The first-order valence-corrected chi connectivity index (χ1v) is 3.91. The molecule has 0 aliphatic heterocycles. The Bertz CT molecular complexity index is 370. The van der Waals surface area contributed by atoms with Gasteiger partial charge in [-0.05, 0) is 11.6 Å². The number of aromatic nitrogens is 2. The van der Waals surface area contributed by atoms with Crippen LogP contribution in [0.15, 0.2) is 30.9 Å². The highest BCUT2D eigenvalue weighted by atomic mass is 35.5. The summed E-state index contributed by atoms with van der Waals surface area (Å²) in [6.07, 6.45) is 5.54. The minimum atomic E-state index is 0. The van der Waals surface area contributed by atoms with Gasteiger partial charge in [0.1, 0.15) is 0 Å². The number of alkyl halides is 1. The van der Waals surface area contributed by atoms with Crippen LogP contribution in [0, 0.1) is 0 Å². The van der Waals surface area contributed by atoms with Crippen LogP contribution in [-0.2, 0) is 5.88 Å². The van der Waals surface area contributed by atoms with E-state index >= 15 is 0 Å². The molecule has 0 fully saturated rings. The number of hydrogen-bond donors (Lipinski definition) is 0. The lowest BCUT2D eigenvalue weighted by Gasteiger charge is -1.97. The second-order valence-electron chi connectivity index (χ2n) is 2.35. The fourth-order valence-electron chi connectivity index (χ4n) is 1.12. The Labute approximate surface area is 81.6 Å². The number of nitrogens with zero attached hydrogens (tertiary/aromatic N) is 2. The quantitative estimate of drug-likeness (QED) is 0.651. The van der Waals surface area contributed by atoms with Crippen molar-refractivity contribution in [2.24, 2.45) is 0 Å². The van der Waals surface area contributed by atoms with Crippen LogP contribution in [0.5, 0.6) is 0 Å². The second-order valence-corrected chi connectivity index (χ2v) is 2.62. The van der Waals surface area contributed by atoms with Crippen LogP contribution in [0.2, 0.25) is 0 Å². The zero-order valence-corrected chi connectivity index (χ0v) is 7.85. The van der Waals surface area contributed by atoms with E-state index in [-0.39, 0.29) is 12.4 Å².